The molecule has 2 aromatic carbocycles. The van der Waals surface area contributed by atoms with Gasteiger partial charge >= 0.3 is 5.97 Å². The molecule has 0 saturated heterocycles. The molecule has 0 unspecified atom stereocenters. The maximum atomic E-state index is 10.7. The molecule has 1 aliphatic heterocycles. The molecule has 1 aromatic heterocycles. The second-order valence-corrected chi connectivity index (χ2v) is 9.24. The number of anilines is 1. The number of nitrogens with zero attached hydrogens (tertiary/aromatic N) is 2. The fourth-order valence-corrected chi connectivity index (χ4v) is 5.21. The summed E-state index contributed by atoms with van der Waals surface area (Å²) in [5.74, 6) is -0.713. The van der Waals surface area contributed by atoms with Crippen LogP contribution in [-0.4, -0.2) is 18.1 Å². The van der Waals surface area contributed by atoms with E-state index in [1.54, 1.807) is 0 Å². The van der Waals surface area contributed by atoms with Crippen molar-refractivity contribution in [1.82, 2.24) is 0 Å². The fraction of sp³-hybridized carbons (Fsp3) is 0.259. The van der Waals surface area contributed by atoms with Gasteiger partial charge in [-0.2, -0.15) is 4.57 Å². The molecule has 0 aliphatic carbocycles. The zero-order valence-electron chi connectivity index (χ0n) is 18.6. The number of fused-ring (bicyclic) bond motifs is 2. The van der Waals surface area contributed by atoms with Crippen LogP contribution in [0.2, 0.25) is 0 Å². The molecule has 0 radical (unpaired) electrons. The number of aryl methyl sites for hydroxylation is 2. The Kier molecular flexibility index (Phi) is 6.96. The highest BCUT2D eigenvalue weighted by molar-refractivity contribution is 8.03. The van der Waals surface area contributed by atoms with Crippen molar-refractivity contribution in [3.05, 3.63) is 83.0 Å². The summed E-state index contributed by atoms with van der Waals surface area (Å²) in [7, 11) is 2.12. The Morgan fingerprint density at radius 1 is 1.12 bits per heavy atom. The summed E-state index contributed by atoms with van der Waals surface area (Å²) in [5.41, 5.74) is 4.94. The average molecular weight is 446 g/mol. The molecule has 2 heterocycles. The van der Waals surface area contributed by atoms with Crippen molar-refractivity contribution in [3.8, 4) is 0 Å². The summed E-state index contributed by atoms with van der Waals surface area (Å²) >= 11 is 1.81. The van der Waals surface area contributed by atoms with Crippen LogP contribution < -0.4 is 9.47 Å². The first-order valence-electron chi connectivity index (χ1n) is 11.1. The van der Waals surface area contributed by atoms with Gasteiger partial charge in [0.15, 0.2) is 6.20 Å². The minimum atomic E-state index is -0.713. The number of hydrogen-bond donors (Lipinski definition) is 1. The molecule has 0 fully saturated rings. The van der Waals surface area contributed by atoms with Crippen molar-refractivity contribution < 1.29 is 14.5 Å². The van der Waals surface area contributed by atoms with Crippen LogP contribution in [0.25, 0.3) is 17.0 Å². The van der Waals surface area contributed by atoms with E-state index in [1.807, 2.05) is 11.8 Å². The SMILES string of the molecule is Cc1ccc2c(c1)S/C(=C\C=C\c1cc[n+](CCCCCC(=O)O)c3ccccc13)N2C. The van der Waals surface area contributed by atoms with Gasteiger partial charge in [0.1, 0.15) is 6.54 Å². The number of hydrogen-bond acceptors (Lipinski definition) is 3. The number of aliphatic carboxylic acids is 1. The Morgan fingerprint density at radius 2 is 1.97 bits per heavy atom. The van der Waals surface area contributed by atoms with Gasteiger partial charge in [-0.3, -0.25) is 4.79 Å². The number of allylic oxidation sites excluding steroid dienone is 2. The second kappa shape index (κ2) is 10.0. The normalized spacial score (nSPS) is 14.6. The number of rotatable bonds is 8. The maximum absolute atomic E-state index is 10.7. The van der Waals surface area contributed by atoms with Gasteiger partial charge in [-0.25, -0.2) is 0 Å². The Balaban J connectivity index is 1.49. The highest BCUT2D eigenvalue weighted by atomic mass is 32.2. The number of carbonyl (C=O) groups is 1. The largest absolute Gasteiger partial charge is 0.481 e. The van der Waals surface area contributed by atoms with Crippen molar-refractivity contribution in [3.63, 3.8) is 0 Å². The summed E-state index contributed by atoms with van der Waals surface area (Å²) in [6, 6.07) is 17.2. The minimum absolute atomic E-state index is 0.253. The Bertz CT molecular complexity index is 1200. The summed E-state index contributed by atoms with van der Waals surface area (Å²) in [4.78, 5) is 14.2. The predicted octanol–water partition coefficient (Wildman–Crippen LogP) is 6.18. The van der Waals surface area contributed by atoms with Crippen molar-refractivity contribution >= 4 is 40.4 Å². The van der Waals surface area contributed by atoms with E-state index in [4.69, 9.17) is 5.11 Å². The molecule has 5 heteroatoms. The minimum Gasteiger partial charge on any atom is -0.481 e. The summed E-state index contributed by atoms with van der Waals surface area (Å²) in [6.45, 7) is 3.03. The topological polar surface area (TPSA) is 44.4 Å². The molecule has 0 spiro atoms. The highest BCUT2D eigenvalue weighted by Crippen LogP contribution is 2.45. The van der Waals surface area contributed by atoms with Gasteiger partial charge in [0.25, 0.3) is 0 Å². The van der Waals surface area contributed by atoms with Gasteiger partial charge in [0, 0.05) is 36.9 Å². The Labute approximate surface area is 193 Å². The van der Waals surface area contributed by atoms with Gasteiger partial charge in [0.05, 0.1) is 16.1 Å². The number of unbranched alkanes of at least 4 members (excludes halogenated alkanes) is 2. The first-order chi connectivity index (χ1) is 15.5. The predicted molar refractivity (Wildman–Crippen MR) is 133 cm³/mol. The smallest absolute Gasteiger partial charge is 0.303 e. The van der Waals surface area contributed by atoms with Crippen LogP contribution in [0.5, 0.6) is 0 Å². The number of pyridine rings is 1. The molecule has 0 saturated carbocycles. The van der Waals surface area contributed by atoms with E-state index >= 15 is 0 Å². The second-order valence-electron chi connectivity index (χ2n) is 8.18. The molecule has 0 amide bonds. The van der Waals surface area contributed by atoms with Gasteiger partial charge < -0.3 is 10.0 Å². The molecule has 1 aliphatic rings. The van der Waals surface area contributed by atoms with E-state index in [9.17, 15) is 4.79 Å². The van der Waals surface area contributed by atoms with E-state index in [0.717, 1.165) is 25.8 Å². The third kappa shape index (κ3) is 5.05. The van der Waals surface area contributed by atoms with Gasteiger partial charge in [-0.05, 0) is 55.2 Å². The average Bonchev–Trinajstić information content (AvgIpc) is 3.08. The monoisotopic (exact) mass is 445 g/mol. The standard InChI is InChI=1S/C27H28N2O2S/c1-20-14-15-24-25(19-20)32-26(28(24)2)12-8-9-21-16-18-29(17-7-3-4-13-27(30)31)23-11-6-5-10-22(21)23/h5-6,8-12,14-16,18-19H,3-4,7,13,17H2,1-2H3/p+1. The lowest BCUT2D eigenvalue weighted by Crippen LogP contribution is -2.34. The van der Waals surface area contributed by atoms with Crippen molar-refractivity contribution in [1.29, 1.82) is 0 Å². The van der Waals surface area contributed by atoms with Crippen molar-refractivity contribution in [2.24, 2.45) is 0 Å². The van der Waals surface area contributed by atoms with Gasteiger partial charge in [-0.15, -0.1) is 0 Å². The maximum Gasteiger partial charge on any atom is 0.303 e. The van der Waals surface area contributed by atoms with Gasteiger partial charge in [-0.1, -0.05) is 42.1 Å². The summed E-state index contributed by atoms with van der Waals surface area (Å²) in [5, 5.41) is 11.2. The highest BCUT2D eigenvalue weighted by Gasteiger charge is 2.21. The number of thioether (sulfide) groups is 1. The first kappa shape index (κ1) is 22.2. The van der Waals surface area contributed by atoms with E-state index in [0.29, 0.717) is 0 Å². The van der Waals surface area contributed by atoms with E-state index in [2.05, 4.69) is 96.4 Å². The van der Waals surface area contributed by atoms with E-state index < -0.39 is 5.97 Å². The zero-order valence-corrected chi connectivity index (χ0v) is 19.4. The molecule has 32 heavy (non-hydrogen) atoms. The van der Waals surface area contributed by atoms with E-state index in [-0.39, 0.29) is 6.42 Å². The Morgan fingerprint density at radius 3 is 2.81 bits per heavy atom. The molecule has 164 valence electrons. The third-order valence-corrected chi connectivity index (χ3v) is 6.95. The van der Waals surface area contributed by atoms with Crippen LogP contribution in [-0.2, 0) is 11.3 Å². The van der Waals surface area contributed by atoms with Crippen molar-refractivity contribution in [2.75, 3.05) is 11.9 Å². The summed E-state index contributed by atoms with van der Waals surface area (Å²) < 4.78 is 2.27. The lowest BCUT2D eigenvalue weighted by atomic mass is 10.1. The number of benzene rings is 2. The molecule has 4 rings (SSSR count). The fourth-order valence-electron chi connectivity index (χ4n) is 4.04. The van der Waals surface area contributed by atoms with Crippen LogP contribution >= 0.6 is 11.8 Å². The van der Waals surface area contributed by atoms with Crippen LogP contribution in [0.15, 0.2) is 76.8 Å². The Hall–Kier alpha value is -3.05. The van der Waals surface area contributed by atoms with Crippen LogP contribution in [0.3, 0.4) is 0 Å². The van der Waals surface area contributed by atoms with Gasteiger partial charge in [0.2, 0.25) is 5.52 Å². The number of carboxylic acids is 1. The van der Waals surface area contributed by atoms with Crippen LogP contribution in [0.1, 0.15) is 36.8 Å². The molecule has 4 nitrogen and oxygen atoms in total. The molecule has 1 N–H and O–H groups in total. The number of para-hydroxylation sites is 1. The first-order valence-corrected chi connectivity index (χ1v) is 11.9. The zero-order chi connectivity index (χ0) is 22.5. The number of aromatic nitrogens is 1. The molecule has 0 atom stereocenters. The van der Waals surface area contributed by atoms with Crippen molar-refractivity contribution in [2.45, 2.75) is 44.0 Å². The lowest BCUT2D eigenvalue weighted by molar-refractivity contribution is -0.671. The third-order valence-electron chi connectivity index (χ3n) is 5.78. The molecular weight excluding hydrogens is 416 g/mol. The van der Waals surface area contributed by atoms with Crippen LogP contribution in [0, 0.1) is 6.92 Å². The summed E-state index contributed by atoms with van der Waals surface area (Å²) in [6.07, 6.45) is 11.5. The quantitative estimate of drug-likeness (QED) is 0.332. The van der Waals surface area contributed by atoms with Crippen LogP contribution in [0.4, 0.5) is 5.69 Å². The number of carboxylic acid groups (broad SMARTS) is 1. The molecule has 3 aromatic rings. The lowest BCUT2D eigenvalue weighted by Gasteiger charge is -2.12. The molecule has 0 bridgehead atoms. The van der Waals surface area contributed by atoms with E-state index in [1.165, 1.54) is 37.6 Å². The molecular formula is C27H29N2O2S+.